The number of hydrogen-bond acceptors (Lipinski definition) is 3. The van der Waals surface area contributed by atoms with Crippen LogP contribution in [0, 0.1) is 0 Å². The lowest BCUT2D eigenvalue weighted by Gasteiger charge is -2.14. The molecule has 0 N–H and O–H groups in total. The van der Waals surface area contributed by atoms with Gasteiger partial charge >= 0.3 is 0 Å². The highest BCUT2D eigenvalue weighted by molar-refractivity contribution is 7.85. The minimum absolute atomic E-state index is 0.174. The molecule has 0 aliphatic carbocycles. The molecule has 3 nitrogen and oxygen atoms in total. The summed E-state index contributed by atoms with van der Waals surface area (Å²) in [4.78, 5) is 0. The van der Waals surface area contributed by atoms with E-state index >= 15 is 0 Å². The summed E-state index contributed by atoms with van der Waals surface area (Å²) < 4.78 is 29.3. The Kier molecular flexibility index (Phi) is 5.27. The molecule has 0 aromatic heterocycles. The third kappa shape index (κ3) is 5.00. The molecule has 2 aromatic carbocycles. The van der Waals surface area contributed by atoms with Crippen molar-refractivity contribution in [1.29, 1.82) is 0 Å². The van der Waals surface area contributed by atoms with E-state index < -0.39 is 16.2 Å². The fourth-order valence-corrected chi connectivity index (χ4v) is 3.66. The molecule has 0 bridgehead atoms. The fraction of sp³-hybridized carbons (Fsp3) is 0.200. The van der Waals surface area contributed by atoms with Crippen molar-refractivity contribution in [2.24, 2.45) is 0 Å². The molecule has 112 valence electrons. The maximum absolute atomic E-state index is 12.1. The predicted molar refractivity (Wildman–Crippen MR) is 85.0 cm³/mol. The van der Waals surface area contributed by atoms with Crippen LogP contribution in [0.25, 0.3) is 0 Å². The monoisotopic (exact) mass is 344 g/mol. The summed E-state index contributed by atoms with van der Waals surface area (Å²) >= 11 is 11.8. The number of benzene rings is 2. The summed E-state index contributed by atoms with van der Waals surface area (Å²) in [5.74, 6) is -0.174. The molecular formula is C15H14Cl2O3S. The molecule has 21 heavy (non-hydrogen) atoms. The van der Waals surface area contributed by atoms with E-state index in [4.69, 9.17) is 27.4 Å². The van der Waals surface area contributed by atoms with Crippen molar-refractivity contribution >= 4 is 33.3 Å². The van der Waals surface area contributed by atoms with E-state index in [1.54, 1.807) is 49.4 Å². The minimum Gasteiger partial charge on any atom is -0.262 e. The molecule has 6 heteroatoms. The summed E-state index contributed by atoms with van der Waals surface area (Å²) in [7, 11) is -3.69. The summed E-state index contributed by atoms with van der Waals surface area (Å²) in [5.41, 5.74) is 1.29. The van der Waals surface area contributed by atoms with Gasteiger partial charge in [0.15, 0.2) is 0 Å². The minimum atomic E-state index is -3.69. The first-order valence-electron chi connectivity index (χ1n) is 6.26. The van der Waals surface area contributed by atoms with E-state index in [9.17, 15) is 8.42 Å². The van der Waals surface area contributed by atoms with E-state index in [1.165, 1.54) is 0 Å². The molecule has 0 fully saturated rings. The molecule has 2 aromatic rings. The highest BCUT2D eigenvalue weighted by atomic mass is 35.5. The van der Waals surface area contributed by atoms with E-state index in [0.29, 0.717) is 21.2 Å². The number of hydrogen-bond donors (Lipinski definition) is 0. The molecule has 1 atom stereocenters. The van der Waals surface area contributed by atoms with Gasteiger partial charge in [-0.3, -0.25) is 4.18 Å². The van der Waals surface area contributed by atoms with E-state index in [1.807, 2.05) is 6.07 Å². The van der Waals surface area contributed by atoms with Gasteiger partial charge in [0.25, 0.3) is 10.1 Å². The van der Waals surface area contributed by atoms with Crippen LogP contribution in [0.15, 0.2) is 48.5 Å². The molecular weight excluding hydrogens is 331 g/mol. The highest BCUT2D eigenvalue weighted by Crippen LogP contribution is 2.27. The topological polar surface area (TPSA) is 43.4 Å². The van der Waals surface area contributed by atoms with Crippen LogP contribution in [-0.4, -0.2) is 8.42 Å². The summed E-state index contributed by atoms with van der Waals surface area (Å²) in [5, 5.41) is 0.877. The maximum atomic E-state index is 12.1. The van der Waals surface area contributed by atoms with Crippen molar-refractivity contribution < 1.29 is 12.6 Å². The van der Waals surface area contributed by atoms with Gasteiger partial charge in [-0.15, -0.1) is 0 Å². The molecule has 2 rings (SSSR count). The zero-order chi connectivity index (χ0) is 15.5. The van der Waals surface area contributed by atoms with E-state index in [-0.39, 0.29) is 5.75 Å². The number of halogens is 2. The Morgan fingerprint density at radius 2 is 1.62 bits per heavy atom. The first-order chi connectivity index (χ1) is 9.85. The van der Waals surface area contributed by atoms with Crippen LogP contribution in [0.2, 0.25) is 10.0 Å². The van der Waals surface area contributed by atoms with Gasteiger partial charge in [0, 0.05) is 10.0 Å². The Morgan fingerprint density at radius 1 is 1.05 bits per heavy atom. The van der Waals surface area contributed by atoms with Gasteiger partial charge in [0.1, 0.15) is 5.75 Å². The summed E-state index contributed by atoms with van der Waals surface area (Å²) in [6.45, 7) is 1.64. The molecule has 0 aliphatic heterocycles. The first kappa shape index (κ1) is 16.3. The first-order valence-corrected chi connectivity index (χ1v) is 8.60. The molecule has 0 heterocycles. The smallest absolute Gasteiger partial charge is 0.262 e. The molecule has 0 spiro atoms. The van der Waals surface area contributed by atoms with Gasteiger partial charge in [-0.05, 0) is 36.2 Å². The van der Waals surface area contributed by atoms with Gasteiger partial charge in [0.05, 0.1) is 6.10 Å². The second kappa shape index (κ2) is 6.79. The third-order valence-electron chi connectivity index (χ3n) is 2.83. The Hall–Kier alpha value is -1.07. The summed E-state index contributed by atoms with van der Waals surface area (Å²) in [6.07, 6.45) is -0.657. The Balaban J connectivity index is 2.12. The normalized spacial score (nSPS) is 13.1. The van der Waals surface area contributed by atoms with Gasteiger partial charge in [-0.2, -0.15) is 8.42 Å². The van der Waals surface area contributed by atoms with Crippen molar-refractivity contribution in [1.82, 2.24) is 0 Å². The second-order valence-corrected chi connectivity index (χ2v) is 7.10. The largest absolute Gasteiger partial charge is 0.272 e. The van der Waals surface area contributed by atoms with Crippen molar-refractivity contribution in [2.45, 2.75) is 18.8 Å². The van der Waals surface area contributed by atoms with E-state index in [0.717, 1.165) is 0 Å². The van der Waals surface area contributed by atoms with Gasteiger partial charge in [-0.1, -0.05) is 53.5 Å². The zero-order valence-corrected chi connectivity index (χ0v) is 13.6. The molecule has 0 aliphatic rings. The quantitative estimate of drug-likeness (QED) is 0.744. The fourth-order valence-electron chi connectivity index (χ4n) is 1.90. The third-order valence-corrected chi connectivity index (χ3v) is 4.54. The van der Waals surface area contributed by atoms with Crippen LogP contribution in [0.4, 0.5) is 0 Å². The lowest BCUT2D eigenvalue weighted by atomic mass is 10.1. The van der Waals surface area contributed by atoms with Crippen molar-refractivity contribution in [3.63, 3.8) is 0 Å². The van der Waals surface area contributed by atoms with Crippen LogP contribution in [0.5, 0.6) is 0 Å². The van der Waals surface area contributed by atoms with Crippen molar-refractivity contribution in [3.8, 4) is 0 Å². The van der Waals surface area contributed by atoms with Crippen molar-refractivity contribution in [3.05, 3.63) is 69.7 Å². The SMILES string of the molecule is CC(OS(=O)(=O)Cc1ccccc1)c1cc(Cl)cc(Cl)c1. The summed E-state index contributed by atoms with van der Waals surface area (Å²) in [6, 6.07) is 13.7. The van der Waals surface area contributed by atoms with Gasteiger partial charge in [0.2, 0.25) is 0 Å². The van der Waals surface area contributed by atoms with Crippen LogP contribution in [0.1, 0.15) is 24.2 Å². The molecule has 0 amide bonds. The lowest BCUT2D eigenvalue weighted by Crippen LogP contribution is -2.12. The van der Waals surface area contributed by atoms with Gasteiger partial charge in [-0.25, -0.2) is 0 Å². The van der Waals surface area contributed by atoms with Crippen LogP contribution < -0.4 is 0 Å². The highest BCUT2D eigenvalue weighted by Gasteiger charge is 2.19. The molecule has 1 unspecified atom stereocenters. The second-order valence-electron chi connectivity index (χ2n) is 4.63. The Morgan fingerprint density at radius 3 is 2.19 bits per heavy atom. The van der Waals surface area contributed by atoms with Crippen LogP contribution >= 0.6 is 23.2 Å². The maximum Gasteiger partial charge on any atom is 0.272 e. The Labute approximate surface area is 134 Å². The zero-order valence-electron chi connectivity index (χ0n) is 11.3. The lowest BCUT2D eigenvalue weighted by molar-refractivity contribution is 0.233. The predicted octanol–water partition coefficient (Wildman–Crippen LogP) is 4.60. The van der Waals surface area contributed by atoms with Crippen LogP contribution in [0.3, 0.4) is 0 Å². The average molecular weight is 345 g/mol. The van der Waals surface area contributed by atoms with Gasteiger partial charge < -0.3 is 0 Å². The molecule has 0 saturated carbocycles. The average Bonchev–Trinajstić information content (AvgIpc) is 2.37. The van der Waals surface area contributed by atoms with Crippen LogP contribution in [-0.2, 0) is 20.1 Å². The molecule has 0 saturated heterocycles. The number of rotatable bonds is 5. The van der Waals surface area contributed by atoms with Crippen molar-refractivity contribution in [2.75, 3.05) is 0 Å². The Bertz CT molecular complexity index is 695. The standard InChI is InChI=1S/C15H14Cl2O3S/c1-11(13-7-14(16)9-15(17)8-13)20-21(18,19)10-12-5-3-2-4-6-12/h2-9,11H,10H2,1H3. The van der Waals surface area contributed by atoms with E-state index in [2.05, 4.69) is 0 Å². The molecule has 0 radical (unpaired) electrons.